The molecular weight excluding hydrogens is 395 g/mol. The number of pyridine rings is 1. The predicted octanol–water partition coefficient (Wildman–Crippen LogP) is 3.72. The van der Waals surface area contributed by atoms with Gasteiger partial charge in [-0.25, -0.2) is 4.98 Å². The summed E-state index contributed by atoms with van der Waals surface area (Å²) in [6.45, 7) is 1.83. The zero-order valence-corrected chi connectivity index (χ0v) is 16.8. The standard InChI is InChI=1S/C21H24F3N5O/c1-14-3-5-17-16(12-27-18(17)9-14)7-8-26-20(25-2)29-11-15-4-6-19(28-10-15)30-13-21(22,23)24/h3-6,9-10,12,27H,7-8,11,13H2,1-2H3,(H2,25,26,29). The van der Waals surface area contributed by atoms with Crippen molar-refractivity contribution in [3.8, 4) is 5.88 Å². The summed E-state index contributed by atoms with van der Waals surface area (Å²) in [5, 5.41) is 7.63. The van der Waals surface area contributed by atoms with Crippen LogP contribution in [0.5, 0.6) is 5.88 Å². The minimum Gasteiger partial charge on any atom is -0.468 e. The highest BCUT2D eigenvalue weighted by Crippen LogP contribution is 2.20. The number of aliphatic imine (C=N–C) groups is 1. The van der Waals surface area contributed by atoms with Crippen LogP contribution in [0.2, 0.25) is 0 Å². The molecule has 0 fully saturated rings. The second kappa shape index (κ2) is 9.51. The zero-order chi connectivity index (χ0) is 21.6. The van der Waals surface area contributed by atoms with Crippen LogP contribution in [0.3, 0.4) is 0 Å². The van der Waals surface area contributed by atoms with E-state index in [1.165, 1.54) is 28.8 Å². The smallest absolute Gasteiger partial charge is 0.422 e. The zero-order valence-electron chi connectivity index (χ0n) is 16.8. The van der Waals surface area contributed by atoms with Gasteiger partial charge in [0.2, 0.25) is 5.88 Å². The van der Waals surface area contributed by atoms with Crippen molar-refractivity contribution in [2.45, 2.75) is 26.1 Å². The first-order valence-electron chi connectivity index (χ1n) is 9.49. The molecule has 3 rings (SSSR count). The number of H-pyrrole nitrogens is 1. The van der Waals surface area contributed by atoms with Gasteiger partial charge in [-0.15, -0.1) is 0 Å². The highest BCUT2D eigenvalue weighted by molar-refractivity contribution is 5.84. The van der Waals surface area contributed by atoms with E-state index in [9.17, 15) is 13.2 Å². The second-order valence-electron chi connectivity index (χ2n) is 6.87. The molecule has 1 aromatic carbocycles. The summed E-state index contributed by atoms with van der Waals surface area (Å²) < 4.78 is 41.1. The van der Waals surface area contributed by atoms with Gasteiger partial charge in [0, 0.05) is 49.5 Å². The fraction of sp³-hybridized carbons (Fsp3) is 0.333. The number of aryl methyl sites for hydroxylation is 1. The molecule has 0 atom stereocenters. The third-order valence-corrected chi connectivity index (χ3v) is 4.47. The molecule has 6 nitrogen and oxygen atoms in total. The molecule has 0 radical (unpaired) electrons. The molecule has 0 unspecified atom stereocenters. The fourth-order valence-electron chi connectivity index (χ4n) is 2.99. The van der Waals surface area contributed by atoms with E-state index in [0.717, 1.165) is 17.5 Å². The van der Waals surface area contributed by atoms with Gasteiger partial charge in [-0.05, 0) is 36.1 Å². The summed E-state index contributed by atoms with van der Waals surface area (Å²) in [7, 11) is 1.68. The molecule has 0 aliphatic carbocycles. The van der Waals surface area contributed by atoms with E-state index in [-0.39, 0.29) is 5.88 Å². The van der Waals surface area contributed by atoms with Crippen LogP contribution in [0, 0.1) is 6.92 Å². The van der Waals surface area contributed by atoms with E-state index >= 15 is 0 Å². The second-order valence-corrected chi connectivity index (χ2v) is 6.87. The Labute approximate surface area is 172 Å². The summed E-state index contributed by atoms with van der Waals surface area (Å²) in [5.74, 6) is 0.565. The Bertz CT molecular complexity index is 996. The van der Waals surface area contributed by atoms with Crippen LogP contribution >= 0.6 is 0 Å². The summed E-state index contributed by atoms with van der Waals surface area (Å²) in [4.78, 5) is 11.4. The van der Waals surface area contributed by atoms with Crippen molar-refractivity contribution in [1.29, 1.82) is 0 Å². The molecule has 2 aromatic heterocycles. The minimum absolute atomic E-state index is 0.0625. The van der Waals surface area contributed by atoms with Crippen LogP contribution in [0.25, 0.3) is 10.9 Å². The van der Waals surface area contributed by atoms with Crippen LogP contribution < -0.4 is 15.4 Å². The van der Waals surface area contributed by atoms with Gasteiger partial charge in [-0.1, -0.05) is 18.2 Å². The number of halogens is 3. The molecule has 9 heteroatoms. The van der Waals surface area contributed by atoms with Crippen LogP contribution in [-0.4, -0.2) is 42.3 Å². The van der Waals surface area contributed by atoms with Crippen molar-refractivity contribution < 1.29 is 17.9 Å². The Morgan fingerprint density at radius 3 is 2.73 bits per heavy atom. The van der Waals surface area contributed by atoms with Gasteiger partial charge >= 0.3 is 6.18 Å². The van der Waals surface area contributed by atoms with Crippen LogP contribution in [0.15, 0.2) is 47.7 Å². The topological polar surface area (TPSA) is 74.3 Å². The fourth-order valence-corrected chi connectivity index (χ4v) is 2.99. The van der Waals surface area contributed by atoms with E-state index < -0.39 is 12.8 Å². The normalized spacial score (nSPS) is 12.2. The first-order valence-corrected chi connectivity index (χ1v) is 9.49. The van der Waals surface area contributed by atoms with Crippen molar-refractivity contribution in [2.24, 2.45) is 4.99 Å². The number of nitrogens with one attached hydrogen (secondary N) is 3. The molecule has 0 saturated carbocycles. The molecule has 0 spiro atoms. The van der Waals surface area contributed by atoms with Gasteiger partial charge < -0.3 is 20.4 Å². The average Bonchev–Trinajstić information content (AvgIpc) is 3.11. The van der Waals surface area contributed by atoms with Gasteiger partial charge in [0.15, 0.2) is 12.6 Å². The quantitative estimate of drug-likeness (QED) is 0.403. The average molecular weight is 419 g/mol. The SMILES string of the molecule is CN=C(NCCc1c[nH]c2cc(C)ccc12)NCc1ccc(OCC(F)(F)F)nc1. The van der Waals surface area contributed by atoms with Gasteiger partial charge in [-0.3, -0.25) is 4.99 Å². The molecular formula is C21H24F3N5O. The van der Waals surface area contributed by atoms with Gasteiger partial charge in [0.1, 0.15) is 0 Å². The number of nitrogens with zero attached hydrogens (tertiary/aromatic N) is 2. The lowest BCUT2D eigenvalue weighted by atomic mass is 10.1. The Morgan fingerprint density at radius 2 is 2.03 bits per heavy atom. The lowest BCUT2D eigenvalue weighted by Gasteiger charge is -2.12. The molecule has 0 aliphatic heterocycles. The summed E-state index contributed by atoms with van der Waals surface area (Å²) in [5.41, 5.74) is 4.37. The number of benzene rings is 1. The largest absolute Gasteiger partial charge is 0.468 e. The molecule has 2 heterocycles. The molecule has 3 aromatic rings. The van der Waals surface area contributed by atoms with Crippen molar-refractivity contribution in [1.82, 2.24) is 20.6 Å². The summed E-state index contributed by atoms with van der Waals surface area (Å²) in [6, 6.07) is 9.42. The van der Waals surface area contributed by atoms with Crippen molar-refractivity contribution in [3.05, 3.63) is 59.4 Å². The lowest BCUT2D eigenvalue weighted by molar-refractivity contribution is -0.154. The molecule has 0 aliphatic rings. The maximum Gasteiger partial charge on any atom is 0.422 e. The van der Waals surface area contributed by atoms with Crippen molar-refractivity contribution >= 4 is 16.9 Å². The molecule has 0 bridgehead atoms. The molecule has 30 heavy (non-hydrogen) atoms. The highest BCUT2D eigenvalue weighted by Gasteiger charge is 2.28. The first-order chi connectivity index (χ1) is 14.3. The number of rotatable bonds is 7. The highest BCUT2D eigenvalue weighted by atomic mass is 19.4. The molecule has 0 saturated heterocycles. The number of hydrogen-bond acceptors (Lipinski definition) is 3. The number of ether oxygens (including phenoxy) is 1. The number of fused-ring (bicyclic) bond motifs is 1. The maximum absolute atomic E-state index is 12.2. The van der Waals surface area contributed by atoms with E-state index in [1.807, 2.05) is 6.20 Å². The van der Waals surface area contributed by atoms with Crippen molar-refractivity contribution in [3.63, 3.8) is 0 Å². The number of aromatic nitrogens is 2. The first kappa shape index (κ1) is 21.5. The lowest BCUT2D eigenvalue weighted by Crippen LogP contribution is -2.37. The summed E-state index contributed by atoms with van der Waals surface area (Å²) >= 11 is 0. The number of hydrogen-bond donors (Lipinski definition) is 3. The van der Waals surface area contributed by atoms with Crippen LogP contribution in [0.4, 0.5) is 13.2 Å². The predicted molar refractivity (Wildman–Crippen MR) is 111 cm³/mol. The van der Waals surface area contributed by atoms with E-state index in [1.54, 1.807) is 13.1 Å². The maximum atomic E-state index is 12.2. The Hall–Kier alpha value is -3.23. The van der Waals surface area contributed by atoms with Gasteiger partial charge in [-0.2, -0.15) is 13.2 Å². The summed E-state index contributed by atoms with van der Waals surface area (Å²) in [6.07, 6.45) is -0.0573. The minimum atomic E-state index is -4.38. The Morgan fingerprint density at radius 1 is 1.20 bits per heavy atom. The Kier molecular flexibility index (Phi) is 6.81. The van der Waals surface area contributed by atoms with Gasteiger partial charge in [0.25, 0.3) is 0 Å². The van der Waals surface area contributed by atoms with Crippen LogP contribution in [-0.2, 0) is 13.0 Å². The third kappa shape index (κ3) is 6.13. The van der Waals surface area contributed by atoms with Crippen molar-refractivity contribution in [2.75, 3.05) is 20.2 Å². The monoisotopic (exact) mass is 419 g/mol. The van der Waals surface area contributed by atoms with Crippen LogP contribution in [0.1, 0.15) is 16.7 Å². The van der Waals surface area contributed by atoms with E-state index in [0.29, 0.717) is 19.0 Å². The molecule has 160 valence electrons. The Balaban J connectivity index is 1.45. The van der Waals surface area contributed by atoms with E-state index in [4.69, 9.17) is 0 Å². The van der Waals surface area contributed by atoms with E-state index in [2.05, 4.69) is 55.5 Å². The number of aromatic amines is 1. The third-order valence-electron chi connectivity index (χ3n) is 4.47. The molecule has 3 N–H and O–H groups in total. The molecule has 0 amide bonds. The number of alkyl halides is 3. The number of guanidine groups is 1. The van der Waals surface area contributed by atoms with Gasteiger partial charge in [0.05, 0.1) is 0 Å².